The molecule has 6 heteroatoms. The third kappa shape index (κ3) is 3.18. The highest BCUT2D eigenvalue weighted by molar-refractivity contribution is 5.96. The highest BCUT2D eigenvalue weighted by Crippen LogP contribution is 2.52. The molecule has 0 radical (unpaired) electrons. The van der Waals surface area contributed by atoms with Crippen molar-refractivity contribution in [3.63, 3.8) is 0 Å². The van der Waals surface area contributed by atoms with Gasteiger partial charge in [-0.25, -0.2) is 0 Å². The molecule has 148 valence electrons. The van der Waals surface area contributed by atoms with Crippen LogP contribution in [0, 0.1) is 22.7 Å². The smallest absolute Gasteiger partial charge is 0.257 e. The topological polar surface area (TPSA) is 79.8 Å². The lowest BCUT2D eigenvalue weighted by atomic mass is 9.71. The summed E-state index contributed by atoms with van der Waals surface area (Å²) >= 11 is 0. The standard InChI is InChI=1S/C21H31N3O3/c1-14-6-15(7-14)9-23-10-20(2)12-24(13-21(20,3)11-23)19(26)16-4-5-27-17(16)8-18(22)25/h4-5,14-15H,6-13H2,1-3H3,(H2,22,25)/t14?,15?,20-,21+. The van der Waals surface area contributed by atoms with Gasteiger partial charge in [0.25, 0.3) is 5.91 Å². The molecule has 0 unspecified atom stereocenters. The number of hydrogen-bond acceptors (Lipinski definition) is 4. The van der Waals surface area contributed by atoms with E-state index >= 15 is 0 Å². The van der Waals surface area contributed by atoms with Gasteiger partial charge in [0.05, 0.1) is 18.2 Å². The molecule has 2 N–H and O–H groups in total. The van der Waals surface area contributed by atoms with E-state index < -0.39 is 5.91 Å². The number of carbonyl (C=O) groups excluding carboxylic acids is 2. The molecular weight excluding hydrogens is 342 g/mol. The van der Waals surface area contributed by atoms with Crippen LogP contribution in [0.5, 0.6) is 0 Å². The van der Waals surface area contributed by atoms with Crippen LogP contribution in [0.2, 0.25) is 0 Å². The minimum Gasteiger partial charge on any atom is -0.468 e. The third-order valence-electron chi connectivity index (χ3n) is 7.27. The summed E-state index contributed by atoms with van der Waals surface area (Å²) in [5.74, 6) is 1.58. The van der Waals surface area contributed by atoms with Gasteiger partial charge in [-0.1, -0.05) is 20.8 Å². The van der Waals surface area contributed by atoms with Gasteiger partial charge in [-0.05, 0) is 30.7 Å². The zero-order valence-electron chi connectivity index (χ0n) is 16.7. The van der Waals surface area contributed by atoms with Gasteiger partial charge in [-0.3, -0.25) is 9.59 Å². The number of likely N-dealkylation sites (tertiary alicyclic amines) is 2. The number of hydrogen-bond donors (Lipinski definition) is 1. The van der Waals surface area contributed by atoms with Crippen LogP contribution in [0.4, 0.5) is 0 Å². The fourth-order valence-electron chi connectivity index (χ4n) is 5.66. The zero-order valence-corrected chi connectivity index (χ0v) is 16.7. The van der Waals surface area contributed by atoms with Gasteiger partial charge < -0.3 is 20.0 Å². The Labute approximate surface area is 161 Å². The fraction of sp³-hybridized carbons (Fsp3) is 0.714. The highest BCUT2D eigenvalue weighted by atomic mass is 16.3. The number of carbonyl (C=O) groups is 2. The van der Waals surface area contributed by atoms with Gasteiger partial charge in [0.15, 0.2) is 0 Å². The summed E-state index contributed by atoms with van der Waals surface area (Å²) in [5, 5.41) is 0. The Bertz CT molecular complexity index is 734. The van der Waals surface area contributed by atoms with Crippen LogP contribution in [0.1, 0.15) is 49.7 Å². The first-order valence-corrected chi connectivity index (χ1v) is 10.1. The van der Waals surface area contributed by atoms with E-state index in [4.69, 9.17) is 10.2 Å². The lowest BCUT2D eigenvalue weighted by Crippen LogP contribution is -2.39. The van der Waals surface area contributed by atoms with Crippen molar-refractivity contribution in [3.8, 4) is 0 Å². The normalized spacial score (nSPS) is 35.9. The van der Waals surface area contributed by atoms with Gasteiger partial charge in [0.2, 0.25) is 5.91 Å². The zero-order chi connectivity index (χ0) is 19.4. The second-order valence-electron chi connectivity index (χ2n) is 9.80. The van der Waals surface area contributed by atoms with Crippen molar-refractivity contribution >= 4 is 11.8 Å². The Morgan fingerprint density at radius 2 is 1.81 bits per heavy atom. The maximum atomic E-state index is 13.1. The molecule has 0 spiro atoms. The molecule has 3 fully saturated rings. The summed E-state index contributed by atoms with van der Waals surface area (Å²) in [6.07, 6.45) is 4.15. The van der Waals surface area contributed by atoms with Gasteiger partial charge in [0.1, 0.15) is 5.76 Å². The van der Waals surface area contributed by atoms with E-state index in [1.54, 1.807) is 6.07 Å². The predicted octanol–water partition coefficient (Wildman–Crippen LogP) is 2.14. The molecule has 2 aliphatic heterocycles. The van der Waals surface area contributed by atoms with Gasteiger partial charge in [-0.2, -0.15) is 0 Å². The molecule has 2 saturated heterocycles. The molecule has 27 heavy (non-hydrogen) atoms. The molecule has 0 aromatic carbocycles. The van der Waals surface area contributed by atoms with Crippen molar-refractivity contribution < 1.29 is 14.0 Å². The molecule has 3 heterocycles. The van der Waals surface area contributed by atoms with E-state index in [-0.39, 0.29) is 23.2 Å². The van der Waals surface area contributed by atoms with Crippen molar-refractivity contribution in [2.75, 3.05) is 32.7 Å². The SMILES string of the molecule is CC1CC(CN2C[C@@]3(C)CN(C(=O)c4ccoc4CC(N)=O)C[C@@]3(C)C2)C1. The van der Waals surface area contributed by atoms with Gasteiger partial charge in [0, 0.05) is 43.6 Å². The minimum absolute atomic E-state index is 0.0377. The Hall–Kier alpha value is -1.82. The monoisotopic (exact) mass is 373 g/mol. The maximum Gasteiger partial charge on any atom is 0.257 e. The third-order valence-corrected chi connectivity index (χ3v) is 7.27. The largest absolute Gasteiger partial charge is 0.468 e. The maximum absolute atomic E-state index is 13.1. The number of amides is 2. The highest BCUT2D eigenvalue weighted by Gasteiger charge is 2.58. The molecule has 2 atom stereocenters. The number of furan rings is 1. The van der Waals surface area contributed by atoms with E-state index in [2.05, 4.69) is 25.7 Å². The van der Waals surface area contributed by atoms with Crippen molar-refractivity contribution in [2.24, 2.45) is 28.4 Å². The van der Waals surface area contributed by atoms with Crippen LogP contribution in [0.3, 0.4) is 0 Å². The van der Waals surface area contributed by atoms with Crippen LogP contribution in [-0.2, 0) is 11.2 Å². The summed E-state index contributed by atoms with van der Waals surface area (Å²) in [6, 6.07) is 1.66. The number of rotatable bonds is 5. The van der Waals surface area contributed by atoms with E-state index in [9.17, 15) is 9.59 Å². The summed E-state index contributed by atoms with van der Waals surface area (Å²) in [4.78, 5) is 28.9. The second-order valence-corrected chi connectivity index (χ2v) is 9.80. The van der Waals surface area contributed by atoms with Crippen LogP contribution in [-0.4, -0.2) is 54.3 Å². The number of fused-ring (bicyclic) bond motifs is 1. The first kappa shape index (κ1) is 18.5. The number of nitrogens with zero attached hydrogens (tertiary/aromatic N) is 2. The van der Waals surface area contributed by atoms with E-state index in [1.165, 1.54) is 25.6 Å². The molecule has 1 aliphatic carbocycles. The lowest BCUT2D eigenvalue weighted by Gasteiger charge is -2.36. The average molecular weight is 373 g/mol. The van der Waals surface area contributed by atoms with E-state index in [1.807, 2.05) is 4.90 Å². The molecule has 2 amide bonds. The van der Waals surface area contributed by atoms with Crippen molar-refractivity contribution in [2.45, 2.75) is 40.0 Å². The first-order valence-electron chi connectivity index (χ1n) is 10.1. The Balaban J connectivity index is 1.43. The second kappa shape index (κ2) is 6.36. The number of nitrogens with two attached hydrogens (primary N) is 1. The van der Waals surface area contributed by atoms with Gasteiger partial charge >= 0.3 is 0 Å². The molecule has 4 rings (SSSR count). The van der Waals surface area contributed by atoms with Crippen molar-refractivity contribution in [1.29, 1.82) is 0 Å². The summed E-state index contributed by atoms with van der Waals surface area (Å²) in [5.41, 5.74) is 5.95. The minimum atomic E-state index is -0.489. The summed E-state index contributed by atoms with van der Waals surface area (Å²) in [6.45, 7) is 11.8. The van der Waals surface area contributed by atoms with E-state index in [0.717, 1.165) is 38.0 Å². The van der Waals surface area contributed by atoms with Crippen LogP contribution < -0.4 is 5.73 Å². The summed E-state index contributed by atoms with van der Waals surface area (Å²) < 4.78 is 5.33. The van der Waals surface area contributed by atoms with E-state index in [0.29, 0.717) is 11.3 Å². The van der Waals surface area contributed by atoms with Crippen molar-refractivity contribution in [3.05, 3.63) is 23.7 Å². The Kier molecular flexibility index (Phi) is 4.37. The Morgan fingerprint density at radius 1 is 1.19 bits per heavy atom. The Morgan fingerprint density at radius 3 is 2.37 bits per heavy atom. The van der Waals surface area contributed by atoms with Gasteiger partial charge in [-0.15, -0.1) is 0 Å². The quantitative estimate of drug-likeness (QED) is 0.857. The fourth-order valence-corrected chi connectivity index (χ4v) is 5.66. The molecule has 1 aromatic heterocycles. The van der Waals surface area contributed by atoms with Crippen molar-refractivity contribution in [1.82, 2.24) is 9.80 Å². The van der Waals surface area contributed by atoms with Crippen LogP contribution in [0.25, 0.3) is 0 Å². The average Bonchev–Trinajstić information content (AvgIpc) is 3.13. The molecule has 0 bridgehead atoms. The lowest BCUT2D eigenvalue weighted by molar-refractivity contribution is -0.117. The molecule has 3 aliphatic rings. The summed E-state index contributed by atoms with van der Waals surface area (Å²) in [7, 11) is 0. The molecule has 1 aromatic rings. The first-order chi connectivity index (χ1) is 12.7. The van der Waals surface area contributed by atoms with Crippen LogP contribution in [0.15, 0.2) is 16.7 Å². The predicted molar refractivity (Wildman–Crippen MR) is 102 cm³/mol. The molecule has 6 nitrogen and oxygen atoms in total. The number of primary amides is 1. The molecule has 1 saturated carbocycles. The molecular formula is C21H31N3O3. The van der Waals surface area contributed by atoms with Crippen LogP contribution >= 0.6 is 0 Å².